The number of hydrogen-bond donors (Lipinski definition) is 1. The Morgan fingerprint density at radius 1 is 1.33 bits per heavy atom. The van der Waals surface area contributed by atoms with Crippen LogP contribution in [-0.4, -0.2) is 73.7 Å². The van der Waals surface area contributed by atoms with Crippen molar-refractivity contribution >= 4 is 5.97 Å². The summed E-state index contributed by atoms with van der Waals surface area (Å²) >= 11 is 0. The first-order valence-corrected chi connectivity index (χ1v) is 8.28. The van der Waals surface area contributed by atoms with E-state index in [0.717, 1.165) is 38.6 Å². The third kappa shape index (κ3) is 3.76. The Morgan fingerprint density at radius 2 is 2.05 bits per heavy atom. The summed E-state index contributed by atoms with van der Waals surface area (Å²) in [4.78, 5) is 17.2. The van der Waals surface area contributed by atoms with Crippen LogP contribution in [0.1, 0.15) is 39.5 Å². The van der Waals surface area contributed by atoms with Crippen molar-refractivity contribution in [1.29, 1.82) is 0 Å². The van der Waals surface area contributed by atoms with Gasteiger partial charge in [-0.3, -0.25) is 14.6 Å². The van der Waals surface area contributed by atoms with E-state index >= 15 is 0 Å². The molecule has 0 radical (unpaired) electrons. The Kier molecular flexibility index (Phi) is 5.63. The van der Waals surface area contributed by atoms with Crippen LogP contribution in [0, 0.1) is 0 Å². The van der Waals surface area contributed by atoms with Gasteiger partial charge in [0.05, 0.1) is 7.11 Å². The summed E-state index contributed by atoms with van der Waals surface area (Å²) in [5.41, 5.74) is -0.604. The van der Waals surface area contributed by atoms with E-state index in [2.05, 4.69) is 29.1 Å². The van der Waals surface area contributed by atoms with Gasteiger partial charge in [0.2, 0.25) is 0 Å². The highest BCUT2D eigenvalue weighted by molar-refractivity contribution is 5.80. The number of likely N-dealkylation sites (tertiary alicyclic amines) is 1. The van der Waals surface area contributed by atoms with Crippen molar-refractivity contribution in [1.82, 2.24) is 15.1 Å². The molecule has 2 bridgehead atoms. The van der Waals surface area contributed by atoms with E-state index in [1.165, 1.54) is 26.4 Å². The SMILES string of the molecule is CCCNC(C)(CN1CCC2CCC(C1)N2C)C(=O)OC. The summed E-state index contributed by atoms with van der Waals surface area (Å²) in [6.45, 7) is 7.80. The number of nitrogens with one attached hydrogen (secondary N) is 1. The molecule has 2 aliphatic rings. The number of ether oxygens (including phenoxy) is 1. The molecule has 3 unspecified atom stereocenters. The molecule has 0 spiro atoms. The maximum absolute atomic E-state index is 12.2. The van der Waals surface area contributed by atoms with Crippen LogP contribution in [0.4, 0.5) is 0 Å². The summed E-state index contributed by atoms with van der Waals surface area (Å²) in [5.74, 6) is -0.154. The molecular weight excluding hydrogens is 266 g/mol. The van der Waals surface area contributed by atoms with E-state index in [1.54, 1.807) is 0 Å². The molecule has 5 nitrogen and oxygen atoms in total. The Bertz CT molecular complexity index is 363. The zero-order chi connectivity index (χ0) is 15.5. The van der Waals surface area contributed by atoms with Gasteiger partial charge >= 0.3 is 5.97 Å². The molecule has 0 aliphatic carbocycles. The van der Waals surface area contributed by atoms with E-state index in [4.69, 9.17) is 4.74 Å². The average molecular weight is 297 g/mol. The number of carbonyl (C=O) groups excluding carboxylic acids is 1. The Labute approximate surface area is 129 Å². The smallest absolute Gasteiger partial charge is 0.327 e. The van der Waals surface area contributed by atoms with E-state index in [0.29, 0.717) is 6.04 Å². The minimum atomic E-state index is -0.604. The number of esters is 1. The number of carbonyl (C=O) groups is 1. The molecular formula is C16H31N3O2. The van der Waals surface area contributed by atoms with Crippen LogP contribution in [0.2, 0.25) is 0 Å². The van der Waals surface area contributed by atoms with Crippen LogP contribution in [0.5, 0.6) is 0 Å². The fourth-order valence-corrected chi connectivity index (χ4v) is 3.79. The van der Waals surface area contributed by atoms with E-state index in [1.807, 2.05) is 6.92 Å². The van der Waals surface area contributed by atoms with Crippen LogP contribution in [-0.2, 0) is 9.53 Å². The molecule has 2 heterocycles. The van der Waals surface area contributed by atoms with Crippen molar-refractivity contribution in [2.75, 3.05) is 40.3 Å². The third-order valence-corrected chi connectivity index (χ3v) is 5.17. The molecule has 122 valence electrons. The zero-order valence-electron chi connectivity index (χ0n) is 14.0. The van der Waals surface area contributed by atoms with Crippen LogP contribution in [0.15, 0.2) is 0 Å². The summed E-state index contributed by atoms with van der Waals surface area (Å²) < 4.78 is 5.03. The lowest BCUT2D eigenvalue weighted by atomic mass is 9.99. The molecule has 2 rings (SSSR count). The van der Waals surface area contributed by atoms with Crippen LogP contribution in [0.25, 0.3) is 0 Å². The lowest BCUT2D eigenvalue weighted by Gasteiger charge is -2.35. The number of likely N-dealkylation sites (N-methyl/N-ethyl adjacent to an activating group) is 1. The fourth-order valence-electron chi connectivity index (χ4n) is 3.79. The second-order valence-corrected chi connectivity index (χ2v) is 6.82. The standard InChI is InChI=1S/C16H31N3O2/c1-5-9-17-16(2,15(20)21-4)12-19-10-8-13-6-7-14(11-19)18(13)3/h13-14,17H,5-12H2,1-4H3. The quantitative estimate of drug-likeness (QED) is 0.744. The van der Waals surface area contributed by atoms with Crippen LogP contribution in [0.3, 0.4) is 0 Å². The molecule has 1 N–H and O–H groups in total. The van der Waals surface area contributed by atoms with Crippen molar-refractivity contribution < 1.29 is 9.53 Å². The van der Waals surface area contributed by atoms with E-state index in [9.17, 15) is 4.79 Å². The molecule has 0 saturated carbocycles. The second-order valence-electron chi connectivity index (χ2n) is 6.82. The first kappa shape index (κ1) is 16.7. The second kappa shape index (κ2) is 7.07. The van der Waals surface area contributed by atoms with Crippen molar-refractivity contribution in [3.63, 3.8) is 0 Å². The largest absolute Gasteiger partial charge is 0.468 e. The molecule has 0 aromatic carbocycles. The van der Waals surface area contributed by atoms with Gasteiger partial charge < -0.3 is 10.1 Å². The number of rotatable bonds is 6. The fraction of sp³-hybridized carbons (Fsp3) is 0.938. The predicted octanol–water partition coefficient (Wildman–Crippen LogP) is 1.09. The molecule has 2 saturated heterocycles. The minimum Gasteiger partial charge on any atom is -0.468 e. The van der Waals surface area contributed by atoms with Crippen LogP contribution < -0.4 is 5.32 Å². The number of methoxy groups -OCH3 is 1. The first-order valence-electron chi connectivity index (χ1n) is 8.28. The lowest BCUT2D eigenvalue weighted by molar-refractivity contribution is -0.148. The zero-order valence-corrected chi connectivity index (χ0v) is 14.0. The van der Waals surface area contributed by atoms with E-state index < -0.39 is 5.54 Å². The Balaban J connectivity index is 2.01. The maximum Gasteiger partial charge on any atom is 0.327 e. The molecule has 3 atom stereocenters. The molecule has 2 fully saturated rings. The number of hydrogen-bond acceptors (Lipinski definition) is 5. The van der Waals surface area contributed by atoms with Gasteiger partial charge in [-0.1, -0.05) is 6.92 Å². The van der Waals surface area contributed by atoms with Gasteiger partial charge in [0.15, 0.2) is 0 Å². The van der Waals surface area contributed by atoms with Gasteiger partial charge in [-0.05, 0) is 52.7 Å². The molecule has 2 aliphatic heterocycles. The molecule has 21 heavy (non-hydrogen) atoms. The number of fused-ring (bicyclic) bond motifs is 2. The highest BCUT2D eigenvalue weighted by Crippen LogP contribution is 2.29. The minimum absolute atomic E-state index is 0.154. The van der Waals surface area contributed by atoms with Gasteiger partial charge in [-0.2, -0.15) is 0 Å². The molecule has 0 amide bonds. The van der Waals surface area contributed by atoms with Gasteiger partial charge in [0.1, 0.15) is 5.54 Å². The van der Waals surface area contributed by atoms with E-state index in [-0.39, 0.29) is 5.97 Å². The Morgan fingerprint density at radius 3 is 2.71 bits per heavy atom. The monoisotopic (exact) mass is 297 g/mol. The van der Waals surface area contributed by atoms with Gasteiger partial charge in [-0.15, -0.1) is 0 Å². The van der Waals surface area contributed by atoms with Crippen molar-refractivity contribution in [2.24, 2.45) is 0 Å². The first-order chi connectivity index (χ1) is 10.00. The van der Waals surface area contributed by atoms with Gasteiger partial charge in [0, 0.05) is 25.2 Å². The lowest BCUT2D eigenvalue weighted by Crippen LogP contribution is -2.58. The van der Waals surface area contributed by atoms with Gasteiger partial charge in [-0.25, -0.2) is 0 Å². The number of nitrogens with zero attached hydrogens (tertiary/aromatic N) is 2. The highest BCUT2D eigenvalue weighted by atomic mass is 16.5. The Hall–Kier alpha value is -0.650. The normalized spacial score (nSPS) is 29.9. The summed E-state index contributed by atoms with van der Waals surface area (Å²) in [6, 6.07) is 1.37. The topological polar surface area (TPSA) is 44.8 Å². The maximum atomic E-state index is 12.2. The summed E-state index contributed by atoms with van der Waals surface area (Å²) in [7, 11) is 3.73. The highest BCUT2D eigenvalue weighted by Gasteiger charge is 2.40. The summed E-state index contributed by atoms with van der Waals surface area (Å²) in [6.07, 6.45) is 4.84. The summed E-state index contributed by atoms with van der Waals surface area (Å²) in [5, 5.41) is 3.39. The van der Waals surface area contributed by atoms with Crippen molar-refractivity contribution in [3.05, 3.63) is 0 Å². The molecule has 0 aromatic rings. The third-order valence-electron chi connectivity index (χ3n) is 5.17. The van der Waals surface area contributed by atoms with Crippen molar-refractivity contribution in [3.8, 4) is 0 Å². The van der Waals surface area contributed by atoms with Crippen molar-refractivity contribution in [2.45, 2.75) is 57.2 Å². The van der Waals surface area contributed by atoms with Gasteiger partial charge in [0.25, 0.3) is 0 Å². The predicted molar refractivity (Wildman–Crippen MR) is 84.3 cm³/mol. The average Bonchev–Trinajstić information content (AvgIpc) is 2.72. The molecule has 0 aromatic heterocycles. The van der Waals surface area contributed by atoms with Crippen LogP contribution >= 0.6 is 0 Å². The molecule has 5 heteroatoms.